The summed E-state index contributed by atoms with van der Waals surface area (Å²) in [5.41, 5.74) is 0.565. The van der Waals surface area contributed by atoms with Crippen LogP contribution in [0, 0.1) is 6.92 Å². The molecule has 0 atom stereocenters. The second-order valence-electron chi connectivity index (χ2n) is 5.35. The number of aryl methyl sites for hydroxylation is 1. The van der Waals surface area contributed by atoms with Gasteiger partial charge in [0.15, 0.2) is 5.78 Å². The molecule has 0 radical (unpaired) electrons. The lowest BCUT2D eigenvalue weighted by Crippen LogP contribution is -2.31. The maximum Gasteiger partial charge on any atom is 0.292 e. The number of fused-ring (bicyclic) bond motifs is 1. The van der Waals surface area contributed by atoms with Crippen molar-refractivity contribution in [2.45, 2.75) is 18.7 Å². The number of ketones is 1. The minimum absolute atomic E-state index is 0.163. The lowest BCUT2D eigenvalue weighted by molar-refractivity contribution is 0.101. The molecule has 122 valence electrons. The molecule has 3 rings (SSSR count). The zero-order valence-corrected chi connectivity index (χ0v) is 13.7. The van der Waals surface area contributed by atoms with Crippen LogP contribution in [-0.4, -0.2) is 28.6 Å². The second-order valence-corrected chi connectivity index (χ2v) is 7.11. The van der Waals surface area contributed by atoms with Crippen molar-refractivity contribution in [1.82, 2.24) is 14.4 Å². The molecule has 0 spiro atoms. The monoisotopic (exact) mass is 343 g/mol. The molecule has 0 saturated heterocycles. The number of carbonyl (C=O) groups excluding carboxylic acids is 1. The second kappa shape index (κ2) is 5.64. The number of Topliss-reactive ketones (excluding diaryl/α,β-unsaturated/α-hetero) is 1. The third kappa shape index (κ3) is 2.61. The minimum atomic E-state index is -4.25. The van der Waals surface area contributed by atoms with Crippen molar-refractivity contribution in [3.05, 3.63) is 63.9 Å². The Morgan fingerprint density at radius 3 is 2.58 bits per heavy atom. The lowest BCUT2D eigenvalue weighted by atomic mass is 10.2. The van der Waals surface area contributed by atoms with Gasteiger partial charge in [0, 0.05) is 5.56 Å². The van der Waals surface area contributed by atoms with E-state index in [0.29, 0.717) is 9.60 Å². The van der Waals surface area contributed by atoms with Gasteiger partial charge in [0.2, 0.25) is 0 Å². The van der Waals surface area contributed by atoms with Crippen LogP contribution >= 0.6 is 0 Å². The number of hydrogen-bond donors (Lipinski definition) is 0. The Morgan fingerprint density at radius 1 is 1.12 bits per heavy atom. The van der Waals surface area contributed by atoms with Crippen LogP contribution in [0.4, 0.5) is 0 Å². The van der Waals surface area contributed by atoms with Crippen LogP contribution in [0.2, 0.25) is 0 Å². The standard InChI is InChI=1S/C16H13N3O4S/c1-10-6-7-15-14(8-10)16(21)19(18-17-15)24(22,23)13-5-3-4-12(9-13)11(2)20/h3-9H,1-2H3. The van der Waals surface area contributed by atoms with Crippen molar-refractivity contribution < 1.29 is 13.2 Å². The molecule has 0 aliphatic rings. The minimum Gasteiger partial charge on any atom is -0.295 e. The Kier molecular flexibility index (Phi) is 3.76. The molecule has 3 aromatic rings. The van der Waals surface area contributed by atoms with Crippen LogP contribution in [0.25, 0.3) is 10.9 Å². The normalized spacial score (nSPS) is 11.6. The molecule has 1 aromatic heterocycles. The number of hydrogen-bond acceptors (Lipinski definition) is 6. The van der Waals surface area contributed by atoms with E-state index in [1.807, 2.05) is 0 Å². The van der Waals surface area contributed by atoms with E-state index in [1.54, 1.807) is 25.1 Å². The summed E-state index contributed by atoms with van der Waals surface area (Å²) in [7, 11) is -4.25. The molecule has 0 aliphatic carbocycles. The van der Waals surface area contributed by atoms with Crippen molar-refractivity contribution in [3.8, 4) is 0 Å². The quantitative estimate of drug-likeness (QED) is 0.669. The zero-order chi connectivity index (χ0) is 17.5. The highest BCUT2D eigenvalue weighted by atomic mass is 32.2. The fourth-order valence-electron chi connectivity index (χ4n) is 2.27. The Hall–Kier alpha value is -2.87. The van der Waals surface area contributed by atoms with Crippen LogP contribution in [0.5, 0.6) is 0 Å². The molecule has 7 nitrogen and oxygen atoms in total. The first-order chi connectivity index (χ1) is 11.3. The molecule has 8 heteroatoms. The van der Waals surface area contributed by atoms with E-state index in [2.05, 4.69) is 10.3 Å². The Morgan fingerprint density at radius 2 is 1.88 bits per heavy atom. The highest BCUT2D eigenvalue weighted by molar-refractivity contribution is 7.89. The average Bonchev–Trinajstić information content (AvgIpc) is 2.55. The van der Waals surface area contributed by atoms with E-state index in [4.69, 9.17) is 0 Å². The van der Waals surface area contributed by atoms with Gasteiger partial charge >= 0.3 is 0 Å². The van der Waals surface area contributed by atoms with Gasteiger partial charge in [-0.1, -0.05) is 27.8 Å². The van der Waals surface area contributed by atoms with E-state index >= 15 is 0 Å². The average molecular weight is 343 g/mol. The molecule has 0 unspecified atom stereocenters. The third-order valence-electron chi connectivity index (χ3n) is 3.56. The van der Waals surface area contributed by atoms with Crippen molar-refractivity contribution in [2.75, 3.05) is 0 Å². The number of benzene rings is 2. The highest BCUT2D eigenvalue weighted by Crippen LogP contribution is 2.15. The van der Waals surface area contributed by atoms with Crippen LogP contribution in [0.3, 0.4) is 0 Å². The maximum atomic E-state index is 12.7. The van der Waals surface area contributed by atoms with Crippen molar-refractivity contribution >= 4 is 26.7 Å². The molecule has 2 aromatic carbocycles. The summed E-state index contributed by atoms with van der Waals surface area (Å²) in [5, 5.41) is 7.50. The highest BCUT2D eigenvalue weighted by Gasteiger charge is 2.22. The SMILES string of the molecule is CC(=O)c1cccc(S(=O)(=O)n2nnc3ccc(C)cc3c2=O)c1. The summed E-state index contributed by atoms with van der Waals surface area (Å²) in [4.78, 5) is 23.8. The summed E-state index contributed by atoms with van der Waals surface area (Å²) in [5.74, 6) is -0.278. The van der Waals surface area contributed by atoms with Crippen molar-refractivity contribution in [3.63, 3.8) is 0 Å². The molecule has 0 saturated carbocycles. The van der Waals surface area contributed by atoms with Crippen molar-refractivity contribution in [2.24, 2.45) is 0 Å². The molecule has 0 bridgehead atoms. The first-order valence-corrected chi connectivity index (χ1v) is 8.47. The van der Waals surface area contributed by atoms with Gasteiger partial charge in [-0.25, -0.2) is 0 Å². The molecule has 0 amide bonds. The maximum absolute atomic E-state index is 12.7. The first-order valence-electron chi connectivity index (χ1n) is 7.03. The van der Waals surface area contributed by atoms with E-state index in [0.717, 1.165) is 5.56 Å². The predicted molar refractivity (Wildman–Crippen MR) is 87.6 cm³/mol. The first kappa shape index (κ1) is 16.0. The van der Waals surface area contributed by atoms with Gasteiger partial charge in [0.05, 0.1) is 10.3 Å². The van der Waals surface area contributed by atoms with E-state index in [-0.39, 0.29) is 21.6 Å². The topological polar surface area (TPSA) is 99.0 Å². The van der Waals surface area contributed by atoms with Gasteiger partial charge < -0.3 is 0 Å². The van der Waals surface area contributed by atoms with Gasteiger partial charge in [-0.3, -0.25) is 9.59 Å². The predicted octanol–water partition coefficient (Wildman–Crippen LogP) is 1.54. The summed E-state index contributed by atoms with van der Waals surface area (Å²) in [6, 6.07) is 10.4. The van der Waals surface area contributed by atoms with Crippen LogP contribution in [0.1, 0.15) is 22.8 Å². The van der Waals surface area contributed by atoms with E-state index < -0.39 is 15.6 Å². The lowest BCUT2D eigenvalue weighted by Gasteiger charge is -2.07. The van der Waals surface area contributed by atoms with E-state index in [1.165, 1.54) is 31.2 Å². The largest absolute Gasteiger partial charge is 0.295 e. The van der Waals surface area contributed by atoms with Gasteiger partial charge in [-0.2, -0.15) is 8.42 Å². The molecule has 24 heavy (non-hydrogen) atoms. The molecular formula is C16H13N3O4S. The fraction of sp³-hybridized carbons (Fsp3) is 0.125. The molecule has 0 N–H and O–H groups in total. The van der Waals surface area contributed by atoms with Crippen molar-refractivity contribution in [1.29, 1.82) is 0 Å². The molecule has 1 heterocycles. The van der Waals surface area contributed by atoms with Gasteiger partial charge in [-0.05, 0) is 43.3 Å². The zero-order valence-electron chi connectivity index (χ0n) is 12.9. The Bertz CT molecular complexity index is 1130. The van der Waals surface area contributed by atoms with Gasteiger partial charge in [-0.15, -0.1) is 5.10 Å². The summed E-state index contributed by atoms with van der Waals surface area (Å²) in [6.07, 6.45) is 0. The summed E-state index contributed by atoms with van der Waals surface area (Å²) < 4.78 is 25.8. The number of carbonyl (C=O) groups is 1. The third-order valence-corrected chi connectivity index (χ3v) is 5.10. The number of aromatic nitrogens is 3. The summed E-state index contributed by atoms with van der Waals surface area (Å²) >= 11 is 0. The Balaban J connectivity index is 2.26. The van der Waals surface area contributed by atoms with E-state index in [9.17, 15) is 18.0 Å². The van der Waals surface area contributed by atoms with Crippen LogP contribution < -0.4 is 5.56 Å². The fourth-order valence-corrected chi connectivity index (χ4v) is 3.45. The van der Waals surface area contributed by atoms with Gasteiger partial charge in [0.1, 0.15) is 5.52 Å². The number of rotatable bonds is 3. The Labute approximate surface area is 137 Å². The van der Waals surface area contributed by atoms with Gasteiger partial charge in [0.25, 0.3) is 15.6 Å². The summed E-state index contributed by atoms with van der Waals surface area (Å²) in [6.45, 7) is 3.12. The van der Waals surface area contributed by atoms with Crippen LogP contribution in [0.15, 0.2) is 52.2 Å². The number of nitrogens with zero attached hydrogens (tertiary/aromatic N) is 3. The molecule has 0 fully saturated rings. The smallest absolute Gasteiger partial charge is 0.292 e. The molecule has 0 aliphatic heterocycles. The van der Waals surface area contributed by atoms with Crippen LogP contribution in [-0.2, 0) is 10.0 Å². The molecular weight excluding hydrogens is 330 g/mol.